The summed E-state index contributed by atoms with van der Waals surface area (Å²) in [5.74, 6) is -0.134. The number of hydrogen-bond acceptors (Lipinski definition) is 4. The first-order chi connectivity index (χ1) is 9.99. The van der Waals surface area contributed by atoms with Crippen LogP contribution < -0.4 is 21.7 Å². The third kappa shape index (κ3) is 4.13. The molecule has 0 saturated carbocycles. The number of halogens is 1. The van der Waals surface area contributed by atoms with Crippen LogP contribution in [0.1, 0.15) is 0 Å². The minimum atomic E-state index is -0.134. The number of nitrogens with one attached hydrogen (secondary N) is 4. The maximum Gasteiger partial charge on any atom is 0.192 e. The lowest BCUT2D eigenvalue weighted by molar-refractivity contribution is 1.20. The zero-order valence-corrected chi connectivity index (χ0v) is 14.2. The molecule has 21 heavy (non-hydrogen) atoms. The number of guanidine groups is 1. The summed E-state index contributed by atoms with van der Waals surface area (Å²) >= 11 is 9.98. The Labute approximate surface area is 139 Å². The standard InChI is InChI=1S/C12H13BrN6S2/c1-16-11(20)17-6-2-3-8(13)7(4-6)9-5-21-12(18-9)19-10(14)15/h2-5H,1H3,(H2,16,17,20)(H4,14,15,18,19). The van der Waals surface area contributed by atoms with E-state index in [1.807, 2.05) is 23.6 Å². The third-order valence-corrected chi connectivity index (χ3v) is 4.23. The second-order valence-electron chi connectivity index (χ2n) is 3.98. The van der Waals surface area contributed by atoms with Gasteiger partial charge >= 0.3 is 0 Å². The largest absolute Gasteiger partial charge is 0.370 e. The van der Waals surface area contributed by atoms with Gasteiger partial charge < -0.3 is 21.7 Å². The van der Waals surface area contributed by atoms with Crippen molar-refractivity contribution in [1.29, 1.82) is 5.41 Å². The molecule has 0 unspecified atom stereocenters. The molecule has 1 heterocycles. The Kier molecular flexibility index (Phi) is 5.10. The molecule has 2 rings (SSSR count). The summed E-state index contributed by atoms with van der Waals surface area (Å²) < 4.78 is 0.920. The first kappa shape index (κ1) is 15.7. The van der Waals surface area contributed by atoms with E-state index >= 15 is 0 Å². The third-order valence-electron chi connectivity index (χ3n) is 2.47. The number of thiocarbonyl (C=S) groups is 1. The molecular weight excluding hydrogens is 372 g/mol. The second kappa shape index (κ2) is 6.83. The summed E-state index contributed by atoms with van der Waals surface area (Å²) in [6.07, 6.45) is 0. The Morgan fingerprint density at radius 3 is 2.86 bits per heavy atom. The molecule has 2 aromatic rings. The van der Waals surface area contributed by atoms with Crippen molar-refractivity contribution < 1.29 is 0 Å². The van der Waals surface area contributed by atoms with Gasteiger partial charge in [-0.1, -0.05) is 15.9 Å². The Balaban J connectivity index is 2.29. The van der Waals surface area contributed by atoms with Crippen LogP contribution in [-0.2, 0) is 0 Å². The molecule has 6 N–H and O–H groups in total. The van der Waals surface area contributed by atoms with Crippen molar-refractivity contribution in [2.24, 2.45) is 5.73 Å². The van der Waals surface area contributed by atoms with E-state index in [-0.39, 0.29) is 5.96 Å². The van der Waals surface area contributed by atoms with Crippen LogP contribution in [0, 0.1) is 5.41 Å². The van der Waals surface area contributed by atoms with Crippen molar-refractivity contribution >= 4 is 61.4 Å². The highest BCUT2D eigenvalue weighted by molar-refractivity contribution is 9.10. The quantitative estimate of drug-likeness (QED) is 0.317. The van der Waals surface area contributed by atoms with Gasteiger partial charge in [0, 0.05) is 28.2 Å². The summed E-state index contributed by atoms with van der Waals surface area (Å²) in [7, 11) is 1.76. The smallest absolute Gasteiger partial charge is 0.192 e. The molecule has 1 aromatic heterocycles. The average Bonchev–Trinajstić information content (AvgIpc) is 2.88. The van der Waals surface area contributed by atoms with Gasteiger partial charge in [-0.15, -0.1) is 11.3 Å². The number of anilines is 2. The van der Waals surface area contributed by atoms with Gasteiger partial charge in [0.15, 0.2) is 16.2 Å². The normalized spacial score (nSPS) is 10.0. The molecule has 0 radical (unpaired) electrons. The number of nitrogens with zero attached hydrogens (tertiary/aromatic N) is 1. The topological polar surface area (TPSA) is 98.8 Å². The van der Waals surface area contributed by atoms with Crippen molar-refractivity contribution in [3.05, 3.63) is 28.1 Å². The molecule has 0 aliphatic rings. The molecule has 1 aromatic carbocycles. The molecule has 0 fully saturated rings. The number of thiazole rings is 1. The highest BCUT2D eigenvalue weighted by atomic mass is 79.9. The summed E-state index contributed by atoms with van der Waals surface area (Å²) in [6, 6.07) is 5.78. The van der Waals surface area contributed by atoms with Gasteiger partial charge in [0.1, 0.15) is 0 Å². The van der Waals surface area contributed by atoms with Gasteiger partial charge in [0.2, 0.25) is 0 Å². The maximum absolute atomic E-state index is 7.21. The minimum Gasteiger partial charge on any atom is -0.370 e. The van der Waals surface area contributed by atoms with Gasteiger partial charge in [-0.25, -0.2) is 4.98 Å². The van der Waals surface area contributed by atoms with Crippen LogP contribution in [0.3, 0.4) is 0 Å². The van der Waals surface area contributed by atoms with E-state index < -0.39 is 0 Å². The lowest BCUT2D eigenvalue weighted by Crippen LogP contribution is -2.24. The summed E-state index contributed by atoms with van der Waals surface area (Å²) in [4.78, 5) is 4.40. The minimum absolute atomic E-state index is 0.134. The van der Waals surface area contributed by atoms with Gasteiger partial charge in [-0.2, -0.15) is 0 Å². The molecule has 0 spiro atoms. The number of hydrogen-bond donors (Lipinski definition) is 5. The lowest BCUT2D eigenvalue weighted by atomic mass is 10.1. The Hall–Kier alpha value is -1.71. The molecule has 9 heteroatoms. The number of rotatable bonds is 3. The predicted octanol–water partition coefficient (Wildman–Crippen LogP) is 2.79. The fourth-order valence-electron chi connectivity index (χ4n) is 1.56. The second-order valence-corrected chi connectivity index (χ2v) is 6.10. The van der Waals surface area contributed by atoms with E-state index in [1.54, 1.807) is 7.05 Å². The Morgan fingerprint density at radius 2 is 2.19 bits per heavy atom. The zero-order valence-electron chi connectivity index (χ0n) is 11.0. The first-order valence-corrected chi connectivity index (χ1v) is 7.93. The predicted molar refractivity (Wildman–Crippen MR) is 96.1 cm³/mol. The molecule has 110 valence electrons. The van der Waals surface area contributed by atoms with Crippen molar-refractivity contribution in [2.45, 2.75) is 0 Å². The lowest BCUT2D eigenvalue weighted by Gasteiger charge is -2.09. The Bertz CT molecular complexity index is 684. The van der Waals surface area contributed by atoms with Gasteiger partial charge in [-0.3, -0.25) is 5.41 Å². The molecule has 0 bridgehead atoms. The van der Waals surface area contributed by atoms with E-state index in [2.05, 4.69) is 36.9 Å². The Morgan fingerprint density at radius 1 is 1.43 bits per heavy atom. The molecule has 0 aliphatic carbocycles. The average molecular weight is 385 g/mol. The highest BCUT2D eigenvalue weighted by Gasteiger charge is 2.10. The number of aromatic nitrogens is 1. The fourth-order valence-corrected chi connectivity index (χ4v) is 2.85. The van der Waals surface area contributed by atoms with Crippen LogP contribution in [0.5, 0.6) is 0 Å². The molecule has 0 amide bonds. The number of nitrogens with two attached hydrogens (primary N) is 1. The van der Waals surface area contributed by atoms with Crippen molar-refractivity contribution in [3.63, 3.8) is 0 Å². The van der Waals surface area contributed by atoms with Crippen LogP contribution in [0.2, 0.25) is 0 Å². The molecule has 0 saturated heterocycles. The van der Waals surface area contributed by atoms with Gasteiger partial charge in [-0.05, 0) is 30.4 Å². The summed E-state index contributed by atoms with van der Waals surface area (Å²) in [5, 5.41) is 18.8. The molecule has 0 aliphatic heterocycles. The SMILES string of the molecule is CNC(=S)Nc1ccc(Br)c(-c2csc(NC(=N)N)n2)c1. The molecule has 6 nitrogen and oxygen atoms in total. The van der Waals surface area contributed by atoms with E-state index in [0.29, 0.717) is 10.2 Å². The van der Waals surface area contributed by atoms with Crippen molar-refractivity contribution in [1.82, 2.24) is 10.3 Å². The van der Waals surface area contributed by atoms with E-state index in [4.69, 9.17) is 23.4 Å². The fraction of sp³-hybridized carbons (Fsp3) is 0.0833. The monoisotopic (exact) mass is 384 g/mol. The van der Waals surface area contributed by atoms with Gasteiger partial charge in [0.25, 0.3) is 0 Å². The van der Waals surface area contributed by atoms with Gasteiger partial charge in [0.05, 0.1) is 5.69 Å². The van der Waals surface area contributed by atoms with Crippen LogP contribution in [0.4, 0.5) is 10.8 Å². The first-order valence-electron chi connectivity index (χ1n) is 5.85. The van der Waals surface area contributed by atoms with Crippen LogP contribution in [0.15, 0.2) is 28.1 Å². The van der Waals surface area contributed by atoms with Crippen LogP contribution in [0.25, 0.3) is 11.3 Å². The molecular formula is C12H13BrN6S2. The van der Waals surface area contributed by atoms with Crippen LogP contribution in [-0.4, -0.2) is 23.1 Å². The maximum atomic E-state index is 7.21. The zero-order chi connectivity index (χ0) is 15.4. The molecule has 0 atom stereocenters. The van der Waals surface area contributed by atoms with Crippen LogP contribution >= 0.6 is 39.5 Å². The van der Waals surface area contributed by atoms with E-state index in [9.17, 15) is 0 Å². The van der Waals surface area contributed by atoms with Crippen molar-refractivity contribution in [3.8, 4) is 11.3 Å². The van der Waals surface area contributed by atoms with E-state index in [1.165, 1.54) is 11.3 Å². The highest BCUT2D eigenvalue weighted by Crippen LogP contribution is 2.32. The number of benzene rings is 1. The van der Waals surface area contributed by atoms with E-state index in [0.717, 1.165) is 21.4 Å². The summed E-state index contributed by atoms with van der Waals surface area (Å²) in [5.41, 5.74) is 7.87. The van der Waals surface area contributed by atoms with Crippen molar-refractivity contribution in [2.75, 3.05) is 17.7 Å². The summed E-state index contributed by atoms with van der Waals surface area (Å²) in [6.45, 7) is 0.